The highest BCUT2D eigenvalue weighted by molar-refractivity contribution is 4.93. The summed E-state index contributed by atoms with van der Waals surface area (Å²) in [4.78, 5) is 0. The quantitative estimate of drug-likeness (QED) is 0.200. The van der Waals surface area contributed by atoms with Crippen molar-refractivity contribution in [1.82, 2.24) is 0 Å². The van der Waals surface area contributed by atoms with Gasteiger partial charge in [0.15, 0.2) is 12.6 Å². The highest BCUT2D eigenvalue weighted by Crippen LogP contribution is 2.22. The van der Waals surface area contributed by atoms with Crippen molar-refractivity contribution in [3.63, 3.8) is 0 Å². The largest absolute Gasteiger partial charge is 0.388 e. The van der Waals surface area contributed by atoms with Crippen LogP contribution in [0.2, 0.25) is 0 Å². The highest BCUT2D eigenvalue weighted by Gasteiger charge is 2.43. The van der Waals surface area contributed by atoms with Gasteiger partial charge >= 0.3 is 0 Å². The molecule has 2 rings (SSSR count). The summed E-state index contributed by atoms with van der Waals surface area (Å²) in [6.07, 6.45) is -7.12. The Morgan fingerprint density at radius 3 is 1.20 bits per heavy atom. The average Bonchev–Trinajstić information content (AvgIpc) is 2.68. The van der Waals surface area contributed by atoms with E-state index in [1.807, 2.05) is 27.7 Å². The van der Waals surface area contributed by atoms with Gasteiger partial charge in [0.1, 0.15) is 36.6 Å². The zero-order valence-electron chi connectivity index (χ0n) is 18.1. The van der Waals surface area contributed by atoms with Crippen LogP contribution in [0.1, 0.15) is 27.7 Å². The first kappa shape index (κ1) is 27.6. The van der Waals surface area contributed by atoms with Crippen LogP contribution >= 0.6 is 0 Å². The second-order valence-corrected chi connectivity index (χ2v) is 8.04. The Balaban J connectivity index is 0.000000300. The third kappa shape index (κ3) is 7.29. The molecule has 0 radical (unpaired) electrons. The van der Waals surface area contributed by atoms with E-state index >= 15 is 0 Å². The molecule has 0 spiro atoms. The van der Waals surface area contributed by atoms with Crippen molar-refractivity contribution in [3.05, 3.63) is 0 Å². The van der Waals surface area contributed by atoms with Gasteiger partial charge in [0.2, 0.25) is 0 Å². The van der Waals surface area contributed by atoms with E-state index < -0.39 is 61.3 Å². The molecule has 2 heterocycles. The number of nitrogens with two attached hydrogens (primary N) is 4. The highest BCUT2D eigenvalue weighted by atomic mass is 16.7. The number of ether oxygens (including phenoxy) is 4. The second kappa shape index (κ2) is 12.5. The van der Waals surface area contributed by atoms with Gasteiger partial charge in [-0.1, -0.05) is 0 Å². The summed E-state index contributed by atoms with van der Waals surface area (Å²) < 4.78 is 21.5. The molecule has 2 saturated heterocycles. The maximum Gasteiger partial charge on any atom is 0.176 e. The maximum absolute atomic E-state index is 9.64. The molecule has 12 heteroatoms. The average molecular weight is 441 g/mol. The summed E-state index contributed by atoms with van der Waals surface area (Å²) in [6.45, 7) is 7.58. The molecule has 0 aliphatic carbocycles. The lowest BCUT2D eigenvalue weighted by atomic mass is 9.97. The van der Waals surface area contributed by atoms with E-state index in [0.29, 0.717) is 0 Å². The van der Waals surface area contributed by atoms with Crippen molar-refractivity contribution in [2.75, 3.05) is 13.1 Å². The fourth-order valence-corrected chi connectivity index (χ4v) is 3.08. The number of aliphatic hydroxyl groups is 4. The predicted molar refractivity (Wildman–Crippen MR) is 108 cm³/mol. The van der Waals surface area contributed by atoms with E-state index in [-0.39, 0.29) is 25.3 Å². The van der Waals surface area contributed by atoms with Gasteiger partial charge in [0.05, 0.1) is 24.3 Å². The Morgan fingerprint density at radius 1 is 0.667 bits per heavy atom. The third-order valence-corrected chi connectivity index (χ3v) is 4.77. The summed E-state index contributed by atoms with van der Waals surface area (Å²) in [5, 5.41) is 38.4. The number of hydrogen-bond donors (Lipinski definition) is 8. The minimum atomic E-state index is -1.07. The van der Waals surface area contributed by atoms with Gasteiger partial charge in [-0.05, 0) is 27.7 Å². The fourth-order valence-electron chi connectivity index (χ4n) is 3.08. The van der Waals surface area contributed by atoms with Crippen molar-refractivity contribution in [3.8, 4) is 0 Å². The minimum absolute atomic E-state index is 0.0677. The van der Waals surface area contributed by atoms with Crippen molar-refractivity contribution in [1.29, 1.82) is 0 Å². The van der Waals surface area contributed by atoms with Crippen LogP contribution in [0.25, 0.3) is 0 Å². The summed E-state index contributed by atoms with van der Waals surface area (Å²) in [6, 6.07) is -1.52. The van der Waals surface area contributed by atoms with E-state index in [0.717, 1.165) is 0 Å². The van der Waals surface area contributed by atoms with Gasteiger partial charge in [0, 0.05) is 13.1 Å². The molecule has 2 aliphatic heterocycles. The van der Waals surface area contributed by atoms with E-state index in [9.17, 15) is 20.4 Å². The van der Waals surface area contributed by atoms with Gasteiger partial charge in [-0.3, -0.25) is 0 Å². The lowest BCUT2D eigenvalue weighted by molar-refractivity contribution is -0.266. The van der Waals surface area contributed by atoms with E-state index in [4.69, 9.17) is 41.9 Å². The smallest absolute Gasteiger partial charge is 0.176 e. The Labute approximate surface area is 177 Å². The molecular weight excluding hydrogens is 400 g/mol. The topological polar surface area (TPSA) is 222 Å². The van der Waals surface area contributed by atoms with Gasteiger partial charge in [-0.25, -0.2) is 0 Å². The number of aliphatic hydroxyl groups excluding tert-OH is 4. The van der Waals surface area contributed by atoms with Crippen molar-refractivity contribution < 1.29 is 39.4 Å². The Hall–Kier alpha value is -0.480. The van der Waals surface area contributed by atoms with Crippen molar-refractivity contribution in [2.24, 2.45) is 22.9 Å². The Bertz CT molecular complexity index is 443. The first-order valence-electron chi connectivity index (χ1n) is 10.2. The van der Waals surface area contributed by atoms with E-state index in [1.54, 1.807) is 0 Å². The summed E-state index contributed by atoms with van der Waals surface area (Å²) >= 11 is 0. The van der Waals surface area contributed by atoms with Gasteiger partial charge in [0.25, 0.3) is 0 Å². The molecule has 30 heavy (non-hydrogen) atoms. The van der Waals surface area contributed by atoms with Crippen LogP contribution in [0.5, 0.6) is 0 Å². The molecule has 12 nitrogen and oxygen atoms in total. The molecule has 0 amide bonds. The van der Waals surface area contributed by atoms with Gasteiger partial charge < -0.3 is 62.3 Å². The van der Waals surface area contributed by atoms with Crippen LogP contribution in [0.3, 0.4) is 0 Å². The Morgan fingerprint density at radius 2 is 0.967 bits per heavy atom. The second-order valence-electron chi connectivity index (χ2n) is 8.04. The molecule has 2 fully saturated rings. The zero-order chi connectivity index (χ0) is 23.2. The van der Waals surface area contributed by atoms with Crippen LogP contribution in [-0.2, 0) is 18.9 Å². The van der Waals surface area contributed by atoms with Gasteiger partial charge in [-0.2, -0.15) is 0 Å². The SMILES string of the molecule is CC(C)O[C@H]1O[C@@H](CN)[C@@H](O)C(O)C1N.CC(C)O[C@H]1O[C@@H](CN)[C@@H](O)C(O)C1N. The first-order valence-corrected chi connectivity index (χ1v) is 10.2. The van der Waals surface area contributed by atoms with Crippen LogP contribution in [0, 0.1) is 0 Å². The van der Waals surface area contributed by atoms with Crippen LogP contribution in [0.4, 0.5) is 0 Å². The normalized spacial score (nSPS) is 42.2. The standard InChI is InChI=1S/2C9H20N2O4/c2*1-4(2)14-9-6(11)8(13)7(12)5(3-10)15-9/h2*4-9,12-13H,3,10-11H2,1-2H3/t2*5-,6?,7+,8?,9-/m00/s1. The lowest BCUT2D eigenvalue weighted by Crippen LogP contribution is -2.63. The molecule has 0 aromatic heterocycles. The summed E-state index contributed by atoms with van der Waals surface area (Å²) in [5.74, 6) is 0. The predicted octanol–water partition coefficient (Wildman–Crippen LogP) is -3.71. The molecule has 2 aliphatic rings. The summed E-state index contributed by atoms with van der Waals surface area (Å²) in [5.41, 5.74) is 22.2. The fraction of sp³-hybridized carbons (Fsp3) is 1.00. The summed E-state index contributed by atoms with van der Waals surface area (Å²) in [7, 11) is 0. The van der Waals surface area contributed by atoms with E-state index in [2.05, 4.69) is 0 Å². The monoisotopic (exact) mass is 440 g/mol. The number of hydrogen-bond acceptors (Lipinski definition) is 12. The molecule has 180 valence electrons. The van der Waals surface area contributed by atoms with Gasteiger partial charge in [-0.15, -0.1) is 0 Å². The van der Waals surface area contributed by atoms with Crippen LogP contribution < -0.4 is 22.9 Å². The molecular formula is C18H40N4O8. The van der Waals surface area contributed by atoms with Crippen molar-refractivity contribution in [2.45, 2.75) is 101 Å². The molecule has 4 unspecified atom stereocenters. The molecule has 0 bridgehead atoms. The molecule has 12 N–H and O–H groups in total. The molecule has 0 aromatic carbocycles. The van der Waals surface area contributed by atoms with Crippen LogP contribution in [-0.4, -0.2) is 107 Å². The maximum atomic E-state index is 9.64. The third-order valence-electron chi connectivity index (χ3n) is 4.77. The number of rotatable bonds is 6. The van der Waals surface area contributed by atoms with E-state index in [1.165, 1.54) is 0 Å². The minimum Gasteiger partial charge on any atom is -0.388 e. The Kier molecular flexibility index (Phi) is 11.5. The molecule has 10 atom stereocenters. The lowest BCUT2D eigenvalue weighted by Gasteiger charge is -2.41. The first-order chi connectivity index (χ1) is 13.9. The molecule has 0 aromatic rings. The zero-order valence-corrected chi connectivity index (χ0v) is 18.1. The van der Waals surface area contributed by atoms with Crippen molar-refractivity contribution >= 4 is 0 Å². The van der Waals surface area contributed by atoms with Crippen LogP contribution in [0.15, 0.2) is 0 Å². The molecule has 0 saturated carbocycles.